The van der Waals surface area contributed by atoms with E-state index in [1.165, 1.54) is 6.92 Å². The van der Waals surface area contributed by atoms with Crippen LogP contribution in [0.25, 0.3) is 22.7 Å². The predicted octanol–water partition coefficient (Wildman–Crippen LogP) is 2.68. The van der Waals surface area contributed by atoms with E-state index >= 15 is 0 Å². The van der Waals surface area contributed by atoms with Crippen LogP contribution in [0.4, 0.5) is 11.8 Å². The minimum Gasteiger partial charge on any atom is -0.492 e. The zero-order valence-corrected chi connectivity index (χ0v) is 14.6. The maximum Gasteiger partial charge on any atom is 0.222 e. The van der Waals surface area contributed by atoms with E-state index < -0.39 is 0 Å². The van der Waals surface area contributed by atoms with Crippen LogP contribution < -0.4 is 16.2 Å². The lowest BCUT2D eigenvalue weighted by Gasteiger charge is -2.14. The average molecular weight is 349 g/mol. The Morgan fingerprint density at radius 3 is 2.96 bits per heavy atom. The molecule has 0 amide bonds. The van der Waals surface area contributed by atoms with Crippen LogP contribution in [0, 0.1) is 0 Å². The summed E-state index contributed by atoms with van der Waals surface area (Å²) in [7, 11) is 0. The van der Waals surface area contributed by atoms with Gasteiger partial charge in [0, 0.05) is 23.9 Å². The number of nitrogens with two attached hydrogens (primary N) is 2. The Kier molecular flexibility index (Phi) is 3.64. The van der Waals surface area contributed by atoms with Gasteiger partial charge in [-0.15, -0.1) is 0 Å². The molecule has 3 heterocycles. The number of allylic oxidation sites excluding steroid dienone is 1. The maximum absolute atomic E-state index is 11.2. The van der Waals surface area contributed by atoms with Crippen LogP contribution in [0.1, 0.15) is 30.9 Å². The van der Waals surface area contributed by atoms with Crippen LogP contribution in [0.3, 0.4) is 0 Å². The number of ketones is 1. The molecule has 4 N–H and O–H groups in total. The van der Waals surface area contributed by atoms with Crippen LogP contribution in [-0.2, 0) is 4.79 Å². The number of rotatable bonds is 3. The lowest BCUT2D eigenvalue weighted by Crippen LogP contribution is -2.04. The number of carbonyl (C=O) groups excluding carboxylic acids is 1. The number of hydrogen-bond donors (Lipinski definition) is 2. The normalized spacial score (nSPS) is 16.2. The Labute approximate surface area is 150 Å². The molecule has 1 aromatic carbocycles. The zero-order chi connectivity index (χ0) is 18.4. The minimum absolute atomic E-state index is 0.00835. The number of nitrogen functional groups attached to an aromatic ring is 2. The fourth-order valence-electron chi connectivity index (χ4n) is 3.32. The summed E-state index contributed by atoms with van der Waals surface area (Å²) in [6, 6.07) is 3.89. The number of hydrogen-bond acceptors (Lipinski definition) is 6. The van der Waals surface area contributed by atoms with Crippen molar-refractivity contribution >= 4 is 34.5 Å². The van der Waals surface area contributed by atoms with Gasteiger partial charge in [0.2, 0.25) is 5.95 Å². The van der Waals surface area contributed by atoms with Gasteiger partial charge in [0.15, 0.2) is 5.78 Å². The maximum atomic E-state index is 11.2. The number of carbonyl (C=O) groups is 1. The molecule has 1 unspecified atom stereocenters. The van der Waals surface area contributed by atoms with Gasteiger partial charge in [0.1, 0.15) is 11.6 Å². The van der Waals surface area contributed by atoms with Gasteiger partial charge in [-0.3, -0.25) is 4.79 Å². The summed E-state index contributed by atoms with van der Waals surface area (Å²) in [5.74, 6) is 1.39. The second-order valence-corrected chi connectivity index (χ2v) is 6.51. The molecule has 0 saturated heterocycles. The standard InChI is InChI=1S/C19H19N5O2/c1-10-9-26-17-15(10)14(7-13-16(17)18(20)23-19(21)22-13)24-6-5-12(8-24)4-3-11(2)25/h3-8,10H,9H2,1-2H3,(H4,20,21,22,23). The third kappa shape index (κ3) is 2.57. The SMILES string of the molecule is CC(=O)C=Cc1ccn(-c2cc3nc(N)nc(N)c3c3c2C(C)CO3)c1. The minimum atomic E-state index is 0.00835. The third-order valence-corrected chi connectivity index (χ3v) is 4.48. The Morgan fingerprint density at radius 2 is 2.19 bits per heavy atom. The van der Waals surface area contributed by atoms with Crippen LogP contribution in [-0.4, -0.2) is 26.9 Å². The first-order chi connectivity index (χ1) is 12.4. The lowest BCUT2D eigenvalue weighted by atomic mass is 9.98. The van der Waals surface area contributed by atoms with Gasteiger partial charge in [-0.25, -0.2) is 4.98 Å². The van der Waals surface area contributed by atoms with Crippen LogP contribution in [0.2, 0.25) is 0 Å². The average Bonchev–Trinajstić information content (AvgIpc) is 3.19. The van der Waals surface area contributed by atoms with E-state index in [1.807, 2.05) is 29.1 Å². The fraction of sp³-hybridized carbons (Fsp3) is 0.211. The van der Waals surface area contributed by atoms with Gasteiger partial charge in [-0.2, -0.15) is 4.98 Å². The molecule has 7 heteroatoms. The number of nitrogens with zero attached hydrogens (tertiary/aromatic N) is 3. The Bertz CT molecular complexity index is 1070. The molecular formula is C19H19N5O2. The summed E-state index contributed by atoms with van der Waals surface area (Å²) in [6.07, 6.45) is 7.24. The topological polar surface area (TPSA) is 109 Å². The Morgan fingerprint density at radius 1 is 1.38 bits per heavy atom. The molecule has 0 spiro atoms. The summed E-state index contributed by atoms with van der Waals surface area (Å²) in [6.45, 7) is 4.20. The number of fused-ring (bicyclic) bond motifs is 3. The molecule has 0 saturated carbocycles. The number of benzene rings is 1. The van der Waals surface area contributed by atoms with Crippen LogP contribution >= 0.6 is 0 Å². The van der Waals surface area contributed by atoms with Crippen molar-refractivity contribution in [3.8, 4) is 11.4 Å². The summed E-state index contributed by atoms with van der Waals surface area (Å²) in [4.78, 5) is 19.5. The van der Waals surface area contributed by atoms with Gasteiger partial charge in [0.05, 0.1) is 23.2 Å². The first-order valence-corrected chi connectivity index (χ1v) is 8.33. The third-order valence-electron chi connectivity index (χ3n) is 4.48. The Balaban J connectivity index is 1.93. The van der Waals surface area contributed by atoms with Crippen molar-refractivity contribution in [2.45, 2.75) is 19.8 Å². The van der Waals surface area contributed by atoms with E-state index in [0.29, 0.717) is 23.3 Å². The van der Waals surface area contributed by atoms with Crippen LogP contribution in [0.15, 0.2) is 30.6 Å². The van der Waals surface area contributed by atoms with E-state index in [0.717, 1.165) is 22.6 Å². The highest BCUT2D eigenvalue weighted by Crippen LogP contribution is 2.45. The number of anilines is 2. The quantitative estimate of drug-likeness (QED) is 0.704. The first kappa shape index (κ1) is 16.1. The van der Waals surface area contributed by atoms with Crippen molar-refractivity contribution in [1.29, 1.82) is 0 Å². The summed E-state index contributed by atoms with van der Waals surface area (Å²) >= 11 is 0. The van der Waals surface area contributed by atoms with Crippen molar-refractivity contribution in [2.75, 3.05) is 18.1 Å². The highest BCUT2D eigenvalue weighted by Gasteiger charge is 2.29. The molecule has 0 radical (unpaired) electrons. The molecular weight excluding hydrogens is 330 g/mol. The second-order valence-electron chi connectivity index (χ2n) is 6.51. The molecule has 132 valence electrons. The smallest absolute Gasteiger partial charge is 0.222 e. The lowest BCUT2D eigenvalue weighted by molar-refractivity contribution is -0.112. The number of ether oxygens (including phenoxy) is 1. The van der Waals surface area contributed by atoms with E-state index in [-0.39, 0.29) is 17.6 Å². The van der Waals surface area contributed by atoms with Gasteiger partial charge in [0.25, 0.3) is 0 Å². The van der Waals surface area contributed by atoms with Crippen LogP contribution in [0.5, 0.6) is 5.75 Å². The van der Waals surface area contributed by atoms with Crippen molar-refractivity contribution in [3.63, 3.8) is 0 Å². The molecule has 4 rings (SSSR count). The van der Waals surface area contributed by atoms with Crippen molar-refractivity contribution in [1.82, 2.24) is 14.5 Å². The van der Waals surface area contributed by atoms with Crippen molar-refractivity contribution < 1.29 is 9.53 Å². The molecule has 0 aliphatic carbocycles. The summed E-state index contributed by atoms with van der Waals surface area (Å²) in [5.41, 5.74) is 15.4. The Hall–Kier alpha value is -3.35. The molecule has 0 bridgehead atoms. The first-order valence-electron chi connectivity index (χ1n) is 8.33. The predicted molar refractivity (Wildman–Crippen MR) is 101 cm³/mol. The van der Waals surface area contributed by atoms with E-state index in [1.54, 1.807) is 12.2 Å². The fourth-order valence-corrected chi connectivity index (χ4v) is 3.32. The van der Waals surface area contributed by atoms with E-state index in [9.17, 15) is 4.79 Å². The van der Waals surface area contributed by atoms with E-state index in [4.69, 9.17) is 16.2 Å². The highest BCUT2D eigenvalue weighted by molar-refractivity contribution is 5.98. The molecule has 1 atom stereocenters. The molecule has 26 heavy (non-hydrogen) atoms. The van der Waals surface area contributed by atoms with Gasteiger partial charge in [-0.1, -0.05) is 6.92 Å². The van der Waals surface area contributed by atoms with Crippen molar-refractivity contribution in [2.24, 2.45) is 0 Å². The summed E-state index contributed by atoms with van der Waals surface area (Å²) in [5, 5.41) is 0.700. The second kappa shape index (κ2) is 5.87. The van der Waals surface area contributed by atoms with Crippen molar-refractivity contribution in [3.05, 3.63) is 41.7 Å². The largest absolute Gasteiger partial charge is 0.492 e. The molecule has 7 nitrogen and oxygen atoms in total. The number of aromatic nitrogens is 3. The van der Waals surface area contributed by atoms with E-state index in [2.05, 4.69) is 16.9 Å². The molecule has 1 aliphatic rings. The monoisotopic (exact) mass is 349 g/mol. The molecule has 0 fully saturated rings. The van der Waals surface area contributed by atoms with Gasteiger partial charge >= 0.3 is 0 Å². The summed E-state index contributed by atoms with van der Waals surface area (Å²) < 4.78 is 7.92. The van der Waals surface area contributed by atoms with Gasteiger partial charge < -0.3 is 20.8 Å². The molecule has 2 aromatic heterocycles. The molecule has 1 aliphatic heterocycles. The zero-order valence-electron chi connectivity index (χ0n) is 14.6. The molecule has 3 aromatic rings. The highest BCUT2D eigenvalue weighted by atomic mass is 16.5. The van der Waals surface area contributed by atoms with Gasteiger partial charge in [-0.05, 0) is 36.8 Å².